The Bertz CT molecular complexity index is 1370. The van der Waals surface area contributed by atoms with E-state index in [-0.39, 0.29) is 13.0 Å². The van der Waals surface area contributed by atoms with Gasteiger partial charge in [-0.1, -0.05) is 36.4 Å². The van der Waals surface area contributed by atoms with E-state index in [1.165, 1.54) is 0 Å². The third-order valence-electron chi connectivity index (χ3n) is 5.93. The number of alkyl carbamates (subject to hydrolysis) is 1. The van der Waals surface area contributed by atoms with E-state index in [4.69, 9.17) is 9.47 Å². The topological polar surface area (TPSA) is 146 Å². The van der Waals surface area contributed by atoms with Crippen LogP contribution in [-0.2, 0) is 20.7 Å². The van der Waals surface area contributed by atoms with Crippen LogP contribution < -0.4 is 16.0 Å². The average Bonchev–Trinajstić information content (AvgIpc) is 2.91. The number of carboxylic acids is 1. The van der Waals surface area contributed by atoms with Crippen LogP contribution in [0.25, 0.3) is 11.1 Å². The number of benzene rings is 3. The van der Waals surface area contributed by atoms with Gasteiger partial charge >= 0.3 is 12.1 Å². The molecule has 0 aliphatic rings. The Labute approximate surface area is 239 Å². The molecule has 218 valence electrons. The molecule has 0 aliphatic heterocycles. The zero-order valence-corrected chi connectivity index (χ0v) is 23.7. The minimum atomic E-state index is -0.999. The fraction of sp³-hybridized carbons (Fsp3) is 0.323. The van der Waals surface area contributed by atoms with Crippen molar-refractivity contribution in [3.63, 3.8) is 0 Å². The number of para-hydroxylation sites is 1. The third-order valence-corrected chi connectivity index (χ3v) is 5.93. The number of carboxylic acid groups (broad SMARTS) is 1. The van der Waals surface area contributed by atoms with Crippen molar-refractivity contribution < 1.29 is 34.1 Å². The molecule has 10 nitrogen and oxygen atoms in total. The number of methoxy groups -OCH3 is 1. The normalized spacial score (nSPS) is 11.8. The predicted octanol–water partition coefficient (Wildman–Crippen LogP) is 4.85. The molecule has 2 amide bonds. The summed E-state index contributed by atoms with van der Waals surface area (Å²) in [5, 5.41) is 28.0. The second kappa shape index (κ2) is 14.3. The van der Waals surface area contributed by atoms with Crippen LogP contribution in [-0.4, -0.2) is 60.7 Å². The molecular weight excluding hydrogens is 526 g/mol. The summed E-state index contributed by atoms with van der Waals surface area (Å²) in [7, 11) is 1.60. The summed E-state index contributed by atoms with van der Waals surface area (Å²) >= 11 is 0. The number of aliphatic carboxylic acids is 1. The minimum absolute atomic E-state index is 0.226. The first-order valence-electron chi connectivity index (χ1n) is 13.2. The molecule has 0 aliphatic carbocycles. The number of rotatable bonds is 12. The maximum atomic E-state index is 13.4. The van der Waals surface area contributed by atoms with E-state index in [9.17, 15) is 24.6 Å². The van der Waals surface area contributed by atoms with Crippen LogP contribution in [0.1, 0.15) is 48.3 Å². The van der Waals surface area contributed by atoms with Gasteiger partial charge in [0, 0.05) is 30.6 Å². The molecule has 0 heterocycles. The van der Waals surface area contributed by atoms with Gasteiger partial charge in [0.15, 0.2) is 0 Å². The SMILES string of the molecule is COCCNc1cc(C(=O)Nc2ccccc2CC(=O)O)cc(-c2cccc(C(CO)NC(=O)OC(C)(C)C)c2)c1. The molecule has 41 heavy (non-hydrogen) atoms. The Hall–Kier alpha value is -4.41. The molecule has 3 aromatic rings. The Morgan fingerprint density at radius 3 is 2.39 bits per heavy atom. The lowest BCUT2D eigenvalue weighted by molar-refractivity contribution is -0.136. The van der Waals surface area contributed by atoms with Crippen LogP contribution in [0.2, 0.25) is 0 Å². The van der Waals surface area contributed by atoms with Crippen LogP contribution >= 0.6 is 0 Å². The van der Waals surface area contributed by atoms with E-state index in [2.05, 4.69) is 16.0 Å². The summed E-state index contributed by atoms with van der Waals surface area (Å²) in [6.45, 7) is 5.89. The van der Waals surface area contributed by atoms with E-state index in [0.717, 1.165) is 5.56 Å². The van der Waals surface area contributed by atoms with Gasteiger partial charge in [-0.2, -0.15) is 0 Å². The lowest BCUT2D eigenvalue weighted by Crippen LogP contribution is -2.36. The Morgan fingerprint density at radius 1 is 0.951 bits per heavy atom. The highest BCUT2D eigenvalue weighted by atomic mass is 16.6. The van der Waals surface area contributed by atoms with Gasteiger partial charge in [0.1, 0.15) is 5.60 Å². The zero-order chi connectivity index (χ0) is 30.0. The van der Waals surface area contributed by atoms with Gasteiger partial charge in [0.2, 0.25) is 0 Å². The molecule has 0 bridgehead atoms. The predicted molar refractivity (Wildman–Crippen MR) is 157 cm³/mol. The van der Waals surface area contributed by atoms with Gasteiger partial charge in [-0.15, -0.1) is 0 Å². The first-order valence-corrected chi connectivity index (χ1v) is 13.2. The smallest absolute Gasteiger partial charge is 0.408 e. The summed E-state index contributed by atoms with van der Waals surface area (Å²) in [6.07, 6.45) is -0.871. The van der Waals surface area contributed by atoms with Crippen molar-refractivity contribution in [1.82, 2.24) is 5.32 Å². The summed E-state index contributed by atoms with van der Waals surface area (Å²) in [5.74, 6) is -1.41. The van der Waals surface area contributed by atoms with Crippen molar-refractivity contribution >= 4 is 29.3 Å². The van der Waals surface area contributed by atoms with E-state index in [0.29, 0.717) is 46.8 Å². The molecule has 3 aromatic carbocycles. The third kappa shape index (κ3) is 9.63. The zero-order valence-electron chi connectivity index (χ0n) is 23.7. The molecule has 10 heteroatoms. The largest absolute Gasteiger partial charge is 0.481 e. The van der Waals surface area contributed by atoms with Crippen molar-refractivity contribution in [2.75, 3.05) is 37.5 Å². The molecule has 5 N–H and O–H groups in total. The Kier molecular flexibility index (Phi) is 10.8. The van der Waals surface area contributed by atoms with Crippen LogP contribution in [0.3, 0.4) is 0 Å². The molecule has 0 saturated carbocycles. The molecule has 0 spiro atoms. The number of ether oxygens (including phenoxy) is 2. The van der Waals surface area contributed by atoms with E-state index >= 15 is 0 Å². The number of anilines is 2. The Morgan fingerprint density at radius 2 is 1.71 bits per heavy atom. The number of aliphatic hydroxyl groups excluding tert-OH is 1. The van der Waals surface area contributed by atoms with Crippen molar-refractivity contribution in [2.45, 2.75) is 38.8 Å². The number of hydrogen-bond acceptors (Lipinski definition) is 7. The van der Waals surface area contributed by atoms with Gasteiger partial charge in [-0.25, -0.2) is 4.79 Å². The molecule has 1 atom stereocenters. The van der Waals surface area contributed by atoms with Crippen molar-refractivity contribution in [3.8, 4) is 11.1 Å². The maximum absolute atomic E-state index is 13.4. The number of nitrogens with one attached hydrogen (secondary N) is 3. The van der Waals surface area contributed by atoms with Gasteiger partial charge in [0.05, 0.1) is 25.7 Å². The molecule has 0 saturated heterocycles. The minimum Gasteiger partial charge on any atom is -0.481 e. The van der Waals surface area contributed by atoms with E-state index in [1.54, 1.807) is 76.4 Å². The maximum Gasteiger partial charge on any atom is 0.408 e. The van der Waals surface area contributed by atoms with Crippen molar-refractivity contribution in [2.24, 2.45) is 0 Å². The Balaban J connectivity index is 1.94. The summed E-state index contributed by atoms with van der Waals surface area (Å²) in [5.41, 5.74) is 3.37. The van der Waals surface area contributed by atoms with Crippen LogP contribution in [0.5, 0.6) is 0 Å². The average molecular weight is 564 g/mol. The van der Waals surface area contributed by atoms with Crippen LogP contribution in [0.15, 0.2) is 66.7 Å². The van der Waals surface area contributed by atoms with Gasteiger partial charge in [-0.3, -0.25) is 9.59 Å². The first-order chi connectivity index (χ1) is 19.5. The van der Waals surface area contributed by atoms with E-state index < -0.39 is 29.6 Å². The van der Waals surface area contributed by atoms with Crippen molar-refractivity contribution in [1.29, 1.82) is 0 Å². The standard InChI is InChI=1S/C31H37N3O7/c1-31(2,3)41-30(39)34-27(19-35)21-10-7-9-20(14-21)23-15-24(17-25(16-23)32-12-13-40-4)29(38)33-26-11-6-5-8-22(26)18-28(36)37/h5-11,14-17,27,32,35H,12-13,18-19H2,1-4H3,(H,33,38)(H,34,39)(H,36,37). The van der Waals surface area contributed by atoms with E-state index in [1.807, 2.05) is 18.2 Å². The second-order valence-electron chi connectivity index (χ2n) is 10.4. The molecule has 0 fully saturated rings. The molecule has 0 aromatic heterocycles. The number of carbonyl (C=O) groups is 3. The summed E-state index contributed by atoms with van der Waals surface area (Å²) in [4.78, 5) is 37.0. The van der Waals surface area contributed by atoms with Crippen molar-refractivity contribution in [3.05, 3.63) is 83.4 Å². The van der Waals surface area contributed by atoms with Gasteiger partial charge < -0.3 is 35.6 Å². The quantitative estimate of drug-likeness (QED) is 0.197. The number of carbonyl (C=O) groups excluding carboxylic acids is 2. The molecule has 0 radical (unpaired) electrons. The van der Waals surface area contributed by atoms with Crippen LogP contribution in [0.4, 0.5) is 16.2 Å². The first kappa shape index (κ1) is 31.1. The second-order valence-corrected chi connectivity index (χ2v) is 10.4. The van der Waals surface area contributed by atoms with Gasteiger partial charge in [-0.05, 0) is 73.4 Å². The highest BCUT2D eigenvalue weighted by molar-refractivity contribution is 6.06. The molecule has 3 rings (SSSR count). The molecule has 1 unspecified atom stereocenters. The summed E-state index contributed by atoms with van der Waals surface area (Å²) in [6, 6.07) is 18.7. The lowest BCUT2D eigenvalue weighted by atomic mass is 9.97. The highest BCUT2D eigenvalue weighted by Gasteiger charge is 2.21. The van der Waals surface area contributed by atoms with Gasteiger partial charge in [0.25, 0.3) is 5.91 Å². The monoisotopic (exact) mass is 563 g/mol. The molecular formula is C31H37N3O7. The fourth-order valence-corrected chi connectivity index (χ4v) is 4.10. The number of hydrogen-bond donors (Lipinski definition) is 5. The van der Waals surface area contributed by atoms with Crippen LogP contribution in [0, 0.1) is 0 Å². The number of aliphatic hydroxyl groups is 1. The summed E-state index contributed by atoms with van der Waals surface area (Å²) < 4.78 is 10.5. The number of amides is 2. The fourth-order valence-electron chi connectivity index (χ4n) is 4.10. The highest BCUT2D eigenvalue weighted by Crippen LogP contribution is 2.28. The lowest BCUT2D eigenvalue weighted by Gasteiger charge is -2.23.